The van der Waals surface area contributed by atoms with Crippen LogP contribution >= 0.6 is 0 Å². The van der Waals surface area contributed by atoms with Crippen molar-refractivity contribution in [2.75, 3.05) is 13.2 Å². The quantitative estimate of drug-likeness (QED) is 0.452. The predicted octanol–water partition coefficient (Wildman–Crippen LogP) is 0.477. The highest BCUT2D eigenvalue weighted by Crippen LogP contribution is 2.39. The highest BCUT2D eigenvalue weighted by atomic mass is 16.7. The summed E-state index contributed by atoms with van der Waals surface area (Å²) in [6, 6.07) is 0. The van der Waals surface area contributed by atoms with Crippen LogP contribution in [0.2, 0.25) is 0 Å². The van der Waals surface area contributed by atoms with E-state index in [0.717, 1.165) is 6.42 Å². The van der Waals surface area contributed by atoms with Gasteiger partial charge in [-0.1, -0.05) is 12.2 Å². The van der Waals surface area contributed by atoms with Gasteiger partial charge in [0.1, 0.15) is 0 Å². The van der Waals surface area contributed by atoms with Gasteiger partial charge in [0.05, 0.1) is 19.1 Å². The SMILES string of the molecule is O=C1O[C@@H](C2OCCO2)[C@H]2CC=C[C@@H]12. The summed E-state index contributed by atoms with van der Waals surface area (Å²) in [5, 5.41) is 0. The Hall–Kier alpha value is -0.870. The van der Waals surface area contributed by atoms with Gasteiger partial charge in [-0.05, 0) is 6.42 Å². The molecule has 0 saturated carbocycles. The summed E-state index contributed by atoms with van der Waals surface area (Å²) in [6.07, 6.45) is 4.32. The lowest BCUT2D eigenvalue weighted by atomic mass is 9.93. The van der Waals surface area contributed by atoms with Crippen molar-refractivity contribution in [2.45, 2.75) is 18.8 Å². The van der Waals surface area contributed by atoms with Crippen LogP contribution in [0.4, 0.5) is 0 Å². The van der Waals surface area contributed by atoms with E-state index in [1.807, 2.05) is 12.2 Å². The van der Waals surface area contributed by atoms with Crippen molar-refractivity contribution in [3.05, 3.63) is 12.2 Å². The third-order valence-corrected chi connectivity index (χ3v) is 3.08. The molecule has 2 saturated heterocycles. The normalized spacial score (nSPS) is 41.7. The first-order valence-electron chi connectivity index (χ1n) is 4.96. The number of rotatable bonds is 1. The van der Waals surface area contributed by atoms with Crippen molar-refractivity contribution in [3.63, 3.8) is 0 Å². The lowest BCUT2D eigenvalue weighted by molar-refractivity contribution is -0.164. The van der Waals surface area contributed by atoms with Gasteiger partial charge in [-0.3, -0.25) is 4.79 Å². The van der Waals surface area contributed by atoms with Gasteiger partial charge in [0, 0.05) is 5.92 Å². The number of fused-ring (bicyclic) bond motifs is 1. The average Bonchev–Trinajstić information content (AvgIpc) is 2.84. The Bertz CT molecular complexity index is 280. The fourth-order valence-corrected chi connectivity index (χ4v) is 2.39. The number of ether oxygens (including phenoxy) is 3. The van der Waals surface area contributed by atoms with E-state index < -0.39 is 0 Å². The zero-order valence-corrected chi connectivity index (χ0v) is 7.72. The number of carbonyl (C=O) groups excluding carboxylic acids is 1. The zero-order valence-electron chi connectivity index (χ0n) is 7.72. The van der Waals surface area contributed by atoms with Crippen LogP contribution in [0.1, 0.15) is 6.42 Å². The van der Waals surface area contributed by atoms with E-state index in [2.05, 4.69) is 0 Å². The van der Waals surface area contributed by atoms with Gasteiger partial charge in [-0.15, -0.1) is 0 Å². The maximum atomic E-state index is 11.4. The van der Waals surface area contributed by atoms with Crippen LogP contribution in [0, 0.1) is 11.8 Å². The Morgan fingerprint density at radius 1 is 1.29 bits per heavy atom. The number of hydrogen-bond donors (Lipinski definition) is 0. The van der Waals surface area contributed by atoms with Crippen molar-refractivity contribution in [1.29, 1.82) is 0 Å². The van der Waals surface area contributed by atoms with Crippen LogP contribution in [-0.4, -0.2) is 31.6 Å². The van der Waals surface area contributed by atoms with Crippen LogP contribution < -0.4 is 0 Å². The lowest BCUT2D eigenvalue weighted by Crippen LogP contribution is -2.32. The first kappa shape index (κ1) is 8.44. The molecule has 0 bridgehead atoms. The molecule has 3 aliphatic rings. The molecule has 4 heteroatoms. The lowest BCUT2D eigenvalue weighted by Gasteiger charge is -2.20. The Morgan fingerprint density at radius 2 is 2.07 bits per heavy atom. The largest absolute Gasteiger partial charge is 0.456 e. The van der Waals surface area contributed by atoms with Crippen molar-refractivity contribution < 1.29 is 19.0 Å². The number of hydrogen-bond acceptors (Lipinski definition) is 4. The van der Waals surface area contributed by atoms with Gasteiger partial charge >= 0.3 is 5.97 Å². The number of allylic oxidation sites excluding steroid dienone is 1. The van der Waals surface area contributed by atoms with E-state index in [-0.39, 0.29) is 30.2 Å². The maximum absolute atomic E-state index is 11.4. The molecule has 4 nitrogen and oxygen atoms in total. The molecule has 0 N–H and O–H groups in total. The molecular weight excluding hydrogens is 184 g/mol. The molecule has 0 aromatic carbocycles. The molecule has 76 valence electrons. The molecule has 2 heterocycles. The summed E-state index contributed by atoms with van der Waals surface area (Å²) in [5.74, 6) is 0.0336. The van der Waals surface area contributed by atoms with E-state index in [1.165, 1.54) is 0 Å². The van der Waals surface area contributed by atoms with Gasteiger partial charge in [-0.2, -0.15) is 0 Å². The Labute approximate surface area is 81.8 Å². The van der Waals surface area contributed by atoms with Gasteiger partial charge in [0.25, 0.3) is 0 Å². The van der Waals surface area contributed by atoms with E-state index in [9.17, 15) is 4.79 Å². The van der Waals surface area contributed by atoms with Gasteiger partial charge in [0.2, 0.25) is 0 Å². The Balaban J connectivity index is 1.78. The summed E-state index contributed by atoms with van der Waals surface area (Å²) >= 11 is 0. The summed E-state index contributed by atoms with van der Waals surface area (Å²) in [7, 11) is 0. The standard InChI is InChI=1S/C10H12O4/c11-9-7-3-1-2-6(7)8(14-9)10-12-4-5-13-10/h1,3,6-8,10H,2,4-5H2/t6-,7+,8+/m0/s1. The smallest absolute Gasteiger partial charge is 0.313 e. The molecule has 0 amide bonds. The molecule has 2 fully saturated rings. The van der Waals surface area contributed by atoms with Crippen LogP contribution in [0.25, 0.3) is 0 Å². The third-order valence-electron chi connectivity index (χ3n) is 3.08. The van der Waals surface area contributed by atoms with Gasteiger partial charge in [0.15, 0.2) is 12.4 Å². The molecule has 14 heavy (non-hydrogen) atoms. The minimum absolute atomic E-state index is 0.0622. The van der Waals surface area contributed by atoms with Crippen molar-refractivity contribution >= 4 is 5.97 Å². The summed E-state index contributed by atoms with van der Waals surface area (Å²) in [6.45, 7) is 1.20. The zero-order chi connectivity index (χ0) is 9.54. The number of cyclic esters (lactones) is 1. The van der Waals surface area contributed by atoms with Gasteiger partial charge < -0.3 is 14.2 Å². The molecule has 0 aromatic heterocycles. The fraction of sp³-hybridized carbons (Fsp3) is 0.700. The molecule has 0 spiro atoms. The topological polar surface area (TPSA) is 44.8 Å². The van der Waals surface area contributed by atoms with E-state index in [1.54, 1.807) is 0 Å². The minimum Gasteiger partial charge on any atom is -0.456 e. The minimum atomic E-state index is -0.339. The maximum Gasteiger partial charge on any atom is 0.313 e. The highest BCUT2D eigenvalue weighted by Gasteiger charge is 2.49. The van der Waals surface area contributed by atoms with E-state index in [0.29, 0.717) is 13.2 Å². The fourth-order valence-electron chi connectivity index (χ4n) is 2.39. The molecule has 0 aromatic rings. The van der Waals surface area contributed by atoms with Crippen LogP contribution in [-0.2, 0) is 19.0 Å². The molecule has 0 unspecified atom stereocenters. The van der Waals surface area contributed by atoms with Crippen LogP contribution in [0.15, 0.2) is 12.2 Å². The predicted molar refractivity (Wildman–Crippen MR) is 46.3 cm³/mol. The average molecular weight is 196 g/mol. The summed E-state index contributed by atoms with van der Waals surface area (Å²) < 4.78 is 16.0. The van der Waals surface area contributed by atoms with Crippen molar-refractivity contribution in [1.82, 2.24) is 0 Å². The molecule has 2 aliphatic heterocycles. The molecule has 3 atom stereocenters. The highest BCUT2D eigenvalue weighted by molar-refractivity contribution is 5.78. The van der Waals surface area contributed by atoms with E-state index >= 15 is 0 Å². The second-order valence-electron chi connectivity index (χ2n) is 3.86. The monoisotopic (exact) mass is 196 g/mol. The van der Waals surface area contributed by atoms with Crippen LogP contribution in [0.3, 0.4) is 0 Å². The summed E-state index contributed by atoms with van der Waals surface area (Å²) in [4.78, 5) is 11.4. The van der Waals surface area contributed by atoms with Crippen molar-refractivity contribution in [2.24, 2.45) is 11.8 Å². The van der Waals surface area contributed by atoms with Crippen molar-refractivity contribution in [3.8, 4) is 0 Å². The summed E-state index contributed by atoms with van der Waals surface area (Å²) in [5.41, 5.74) is 0. The Morgan fingerprint density at radius 3 is 2.86 bits per heavy atom. The second kappa shape index (κ2) is 3.07. The second-order valence-corrected chi connectivity index (χ2v) is 3.86. The number of esters is 1. The van der Waals surface area contributed by atoms with Crippen LogP contribution in [0.5, 0.6) is 0 Å². The van der Waals surface area contributed by atoms with Gasteiger partial charge in [-0.25, -0.2) is 0 Å². The molecule has 1 aliphatic carbocycles. The first-order valence-corrected chi connectivity index (χ1v) is 4.96. The number of carbonyl (C=O) groups is 1. The first-order chi connectivity index (χ1) is 6.86. The molecule has 0 radical (unpaired) electrons. The Kier molecular flexibility index (Phi) is 1.85. The molecular formula is C10H12O4. The molecule has 3 rings (SSSR count). The van der Waals surface area contributed by atoms with E-state index in [4.69, 9.17) is 14.2 Å². The third kappa shape index (κ3) is 1.11.